The molecule has 0 saturated heterocycles. The fourth-order valence-electron chi connectivity index (χ4n) is 1.01. The molecular weight excluding hydrogens is 244 g/mol. The van der Waals surface area contributed by atoms with Crippen LogP contribution in [0.1, 0.15) is 0 Å². The maximum atomic E-state index is 6.78. The zero-order chi connectivity index (χ0) is 9.97. The van der Waals surface area contributed by atoms with Crippen LogP contribution in [0, 0.1) is 6.57 Å². The summed E-state index contributed by atoms with van der Waals surface area (Å²) < 4.78 is 2.53. The van der Waals surface area contributed by atoms with Crippen molar-refractivity contribution in [2.45, 2.75) is 0 Å². The van der Waals surface area contributed by atoms with Crippen LogP contribution in [0.25, 0.3) is 10.7 Å². The van der Waals surface area contributed by atoms with Crippen molar-refractivity contribution in [3.63, 3.8) is 0 Å². The van der Waals surface area contributed by atoms with Gasteiger partial charge in [-0.3, -0.25) is 0 Å². The average molecular weight is 249 g/mol. The highest BCUT2D eigenvalue weighted by molar-refractivity contribution is 9.10. The van der Waals surface area contributed by atoms with E-state index in [2.05, 4.69) is 30.9 Å². The summed E-state index contributed by atoms with van der Waals surface area (Å²) in [4.78, 5) is 7.36. The van der Waals surface area contributed by atoms with Gasteiger partial charge in [0.1, 0.15) is 0 Å². The molecule has 0 bridgehead atoms. The standard InChI is InChI=1S/C9H5BrN4/c1-11-8-2-3-9(12-5-8)14-6-7(10)4-13-14/h2-6H. The van der Waals surface area contributed by atoms with E-state index in [0.29, 0.717) is 11.5 Å². The van der Waals surface area contributed by atoms with Crippen molar-refractivity contribution in [1.29, 1.82) is 0 Å². The van der Waals surface area contributed by atoms with Crippen molar-refractivity contribution < 1.29 is 0 Å². The molecule has 14 heavy (non-hydrogen) atoms. The number of pyridine rings is 1. The molecular formula is C9H5BrN4. The topological polar surface area (TPSA) is 35.1 Å². The Morgan fingerprint density at radius 2 is 2.21 bits per heavy atom. The second-order valence-electron chi connectivity index (χ2n) is 2.59. The molecule has 0 aliphatic rings. The van der Waals surface area contributed by atoms with Gasteiger partial charge in [0.25, 0.3) is 0 Å². The Bertz CT molecular complexity index is 480. The zero-order valence-electron chi connectivity index (χ0n) is 7.05. The fourth-order valence-corrected chi connectivity index (χ4v) is 1.29. The van der Waals surface area contributed by atoms with Crippen LogP contribution in [0.2, 0.25) is 0 Å². The predicted octanol–water partition coefficient (Wildman–Crippen LogP) is 2.58. The van der Waals surface area contributed by atoms with Gasteiger partial charge in [0.2, 0.25) is 5.69 Å². The fraction of sp³-hybridized carbons (Fsp3) is 0. The minimum atomic E-state index is 0.528. The number of rotatable bonds is 1. The third kappa shape index (κ3) is 1.65. The molecule has 0 N–H and O–H groups in total. The SMILES string of the molecule is [C-]#[N+]c1ccc(-n2cc(Br)cn2)nc1. The molecule has 5 heteroatoms. The Morgan fingerprint density at radius 3 is 2.71 bits per heavy atom. The van der Waals surface area contributed by atoms with Crippen LogP contribution >= 0.6 is 15.9 Å². The van der Waals surface area contributed by atoms with E-state index in [9.17, 15) is 0 Å². The molecule has 0 saturated carbocycles. The van der Waals surface area contributed by atoms with E-state index in [1.54, 1.807) is 29.2 Å². The van der Waals surface area contributed by atoms with Gasteiger partial charge in [0.15, 0.2) is 5.82 Å². The van der Waals surface area contributed by atoms with E-state index >= 15 is 0 Å². The first-order valence-electron chi connectivity index (χ1n) is 3.83. The molecule has 0 unspecified atom stereocenters. The lowest BCUT2D eigenvalue weighted by Crippen LogP contribution is -1.96. The van der Waals surface area contributed by atoms with E-state index in [-0.39, 0.29) is 0 Å². The smallest absolute Gasteiger partial charge is 0.205 e. The summed E-state index contributed by atoms with van der Waals surface area (Å²) in [5.41, 5.74) is 0.528. The van der Waals surface area contributed by atoms with Gasteiger partial charge < -0.3 is 0 Å². The summed E-state index contributed by atoms with van der Waals surface area (Å²) in [5, 5.41) is 4.07. The highest BCUT2D eigenvalue weighted by Crippen LogP contribution is 2.14. The van der Waals surface area contributed by atoms with Gasteiger partial charge in [-0.05, 0) is 22.0 Å². The molecule has 0 amide bonds. The summed E-state index contributed by atoms with van der Waals surface area (Å²) in [5.74, 6) is 0.697. The second-order valence-corrected chi connectivity index (χ2v) is 3.51. The number of aromatic nitrogens is 3. The lowest BCUT2D eigenvalue weighted by molar-refractivity contribution is 0.847. The Morgan fingerprint density at radius 1 is 1.36 bits per heavy atom. The van der Waals surface area contributed by atoms with E-state index in [1.807, 2.05) is 0 Å². The van der Waals surface area contributed by atoms with Gasteiger partial charge in [0, 0.05) is 12.4 Å². The largest absolute Gasteiger partial charge is 0.249 e. The van der Waals surface area contributed by atoms with Gasteiger partial charge in [-0.25, -0.2) is 14.5 Å². The van der Waals surface area contributed by atoms with E-state index in [1.165, 1.54) is 6.20 Å². The van der Waals surface area contributed by atoms with Crippen LogP contribution in [-0.4, -0.2) is 14.8 Å². The van der Waals surface area contributed by atoms with Crippen molar-refractivity contribution >= 4 is 21.6 Å². The minimum Gasteiger partial charge on any atom is -0.249 e. The molecule has 0 fully saturated rings. The highest BCUT2D eigenvalue weighted by atomic mass is 79.9. The van der Waals surface area contributed by atoms with E-state index < -0.39 is 0 Å². The van der Waals surface area contributed by atoms with Crippen LogP contribution in [0.5, 0.6) is 0 Å². The van der Waals surface area contributed by atoms with E-state index in [4.69, 9.17) is 6.57 Å². The molecule has 2 heterocycles. The molecule has 2 rings (SSSR count). The molecule has 68 valence electrons. The lowest BCUT2D eigenvalue weighted by atomic mass is 10.4. The highest BCUT2D eigenvalue weighted by Gasteiger charge is 1.99. The molecule has 2 aromatic rings. The third-order valence-electron chi connectivity index (χ3n) is 1.65. The molecule has 0 aromatic carbocycles. The van der Waals surface area contributed by atoms with Crippen LogP contribution in [0.4, 0.5) is 5.69 Å². The molecule has 0 aliphatic heterocycles. The second kappa shape index (κ2) is 3.60. The third-order valence-corrected chi connectivity index (χ3v) is 2.06. The van der Waals surface area contributed by atoms with Crippen molar-refractivity contribution in [1.82, 2.24) is 14.8 Å². The van der Waals surface area contributed by atoms with Crippen LogP contribution < -0.4 is 0 Å². The van der Waals surface area contributed by atoms with Crippen molar-refractivity contribution in [3.05, 3.63) is 46.6 Å². The molecule has 0 radical (unpaired) electrons. The number of nitrogens with zero attached hydrogens (tertiary/aromatic N) is 4. The van der Waals surface area contributed by atoms with Crippen molar-refractivity contribution in [2.24, 2.45) is 0 Å². The maximum absolute atomic E-state index is 6.78. The number of halogens is 1. The minimum absolute atomic E-state index is 0.528. The van der Waals surface area contributed by atoms with E-state index in [0.717, 1.165) is 4.47 Å². The van der Waals surface area contributed by atoms with Gasteiger partial charge in [-0.1, -0.05) is 6.07 Å². The monoisotopic (exact) mass is 248 g/mol. The molecule has 4 nitrogen and oxygen atoms in total. The number of hydrogen-bond acceptors (Lipinski definition) is 2. The first-order chi connectivity index (χ1) is 6.79. The van der Waals surface area contributed by atoms with Crippen molar-refractivity contribution in [2.75, 3.05) is 0 Å². The van der Waals surface area contributed by atoms with Crippen molar-refractivity contribution in [3.8, 4) is 5.82 Å². The summed E-state index contributed by atoms with van der Waals surface area (Å²) in [6, 6.07) is 3.47. The van der Waals surface area contributed by atoms with Crippen LogP contribution in [0.3, 0.4) is 0 Å². The Hall–Kier alpha value is -1.67. The molecule has 2 aromatic heterocycles. The summed E-state index contributed by atoms with van der Waals surface area (Å²) >= 11 is 3.30. The Labute approximate surface area is 89.2 Å². The van der Waals surface area contributed by atoms with Gasteiger partial charge >= 0.3 is 0 Å². The quantitative estimate of drug-likeness (QED) is 0.728. The van der Waals surface area contributed by atoms with Gasteiger partial charge in [-0.15, -0.1) is 0 Å². The van der Waals surface area contributed by atoms with Gasteiger partial charge in [0.05, 0.1) is 17.2 Å². The molecule has 0 atom stereocenters. The molecule has 0 spiro atoms. The summed E-state index contributed by atoms with van der Waals surface area (Å²) in [6.07, 6.45) is 5.02. The lowest BCUT2D eigenvalue weighted by Gasteiger charge is -1.98. The van der Waals surface area contributed by atoms with Gasteiger partial charge in [-0.2, -0.15) is 5.10 Å². The first kappa shape index (κ1) is 8.91. The Kier molecular flexibility index (Phi) is 2.29. The zero-order valence-corrected chi connectivity index (χ0v) is 8.64. The maximum Gasteiger partial charge on any atom is 0.205 e. The van der Waals surface area contributed by atoms with Crippen LogP contribution in [0.15, 0.2) is 35.2 Å². The predicted molar refractivity (Wildman–Crippen MR) is 55.3 cm³/mol. The number of hydrogen-bond donors (Lipinski definition) is 0. The average Bonchev–Trinajstić information content (AvgIpc) is 2.65. The normalized spacial score (nSPS) is 9.71. The summed E-state index contributed by atoms with van der Waals surface area (Å²) in [7, 11) is 0. The Balaban J connectivity index is 2.39. The first-order valence-corrected chi connectivity index (χ1v) is 4.63. The molecule has 0 aliphatic carbocycles. The summed E-state index contributed by atoms with van der Waals surface area (Å²) in [6.45, 7) is 6.78. The van der Waals surface area contributed by atoms with Crippen LogP contribution in [-0.2, 0) is 0 Å².